The van der Waals surface area contributed by atoms with Crippen LogP contribution >= 0.6 is 0 Å². The molecule has 1 aromatic heterocycles. The van der Waals surface area contributed by atoms with Crippen molar-refractivity contribution in [3.63, 3.8) is 0 Å². The highest BCUT2D eigenvalue weighted by molar-refractivity contribution is 5.39. The fourth-order valence-corrected chi connectivity index (χ4v) is 2.65. The lowest BCUT2D eigenvalue weighted by atomic mass is 9.75. The molecule has 0 fully saturated rings. The second-order valence-corrected chi connectivity index (χ2v) is 4.54. The molecule has 0 amide bonds. The standard InChI is InChI=1S/C16H15N/c1-2-8-14(9-3-1)16(11-5-6-12-16)15-10-4-7-13-17-15/h1-10,13H,11-12H2. The summed E-state index contributed by atoms with van der Waals surface area (Å²) >= 11 is 0. The number of hydrogen-bond donors (Lipinski definition) is 0. The first-order valence-electron chi connectivity index (χ1n) is 6.04. The zero-order chi connectivity index (χ0) is 11.6. The molecule has 84 valence electrons. The molecule has 2 aromatic rings. The molecule has 3 rings (SSSR count). The highest BCUT2D eigenvalue weighted by atomic mass is 14.7. The van der Waals surface area contributed by atoms with Crippen molar-refractivity contribution >= 4 is 0 Å². The highest BCUT2D eigenvalue weighted by Crippen LogP contribution is 2.41. The van der Waals surface area contributed by atoms with Gasteiger partial charge < -0.3 is 0 Å². The molecule has 17 heavy (non-hydrogen) atoms. The Bertz CT molecular complexity index is 464. The minimum atomic E-state index is 0.0581. The van der Waals surface area contributed by atoms with E-state index in [2.05, 4.69) is 59.6 Å². The van der Waals surface area contributed by atoms with E-state index < -0.39 is 0 Å². The van der Waals surface area contributed by atoms with Crippen molar-refractivity contribution in [3.8, 4) is 0 Å². The lowest BCUT2D eigenvalue weighted by Gasteiger charge is -2.29. The van der Waals surface area contributed by atoms with E-state index >= 15 is 0 Å². The maximum Gasteiger partial charge on any atom is 0.0515 e. The molecule has 1 aromatic carbocycles. The Morgan fingerprint density at radius 1 is 0.824 bits per heavy atom. The average Bonchev–Trinajstić information content (AvgIpc) is 2.91. The van der Waals surface area contributed by atoms with Gasteiger partial charge in [-0.05, 0) is 30.5 Å². The first-order valence-corrected chi connectivity index (χ1v) is 6.04. The third-order valence-corrected chi connectivity index (χ3v) is 3.58. The van der Waals surface area contributed by atoms with Crippen molar-refractivity contribution in [3.05, 3.63) is 78.1 Å². The van der Waals surface area contributed by atoms with E-state index in [1.54, 1.807) is 0 Å². The van der Waals surface area contributed by atoms with Gasteiger partial charge in [-0.2, -0.15) is 0 Å². The number of hydrogen-bond acceptors (Lipinski definition) is 1. The lowest BCUT2D eigenvalue weighted by Crippen LogP contribution is -2.25. The first kappa shape index (κ1) is 10.3. The van der Waals surface area contributed by atoms with Crippen LogP contribution in [0.3, 0.4) is 0 Å². The van der Waals surface area contributed by atoms with Crippen molar-refractivity contribution < 1.29 is 0 Å². The van der Waals surface area contributed by atoms with Gasteiger partial charge in [-0.1, -0.05) is 48.6 Å². The lowest BCUT2D eigenvalue weighted by molar-refractivity contribution is 0.539. The Morgan fingerprint density at radius 3 is 2.18 bits per heavy atom. The largest absolute Gasteiger partial charge is 0.260 e. The maximum atomic E-state index is 4.57. The fraction of sp³-hybridized carbons (Fsp3) is 0.188. The predicted octanol–water partition coefficient (Wildman–Crippen LogP) is 3.72. The molecule has 0 N–H and O–H groups in total. The summed E-state index contributed by atoms with van der Waals surface area (Å²) in [4.78, 5) is 4.57. The summed E-state index contributed by atoms with van der Waals surface area (Å²) < 4.78 is 0. The van der Waals surface area contributed by atoms with Gasteiger partial charge in [0.2, 0.25) is 0 Å². The van der Waals surface area contributed by atoms with Gasteiger partial charge in [-0.3, -0.25) is 4.98 Å². The Hall–Kier alpha value is -1.89. The van der Waals surface area contributed by atoms with Crippen LogP contribution < -0.4 is 0 Å². The normalized spacial score (nSPS) is 17.2. The van der Waals surface area contributed by atoms with E-state index in [4.69, 9.17) is 0 Å². The number of nitrogens with zero attached hydrogens (tertiary/aromatic N) is 1. The van der Waals surface area contributed by atoms with E-state index in [9.17, 15) is 0 Å². The van der Waals surface area contributed by atoms with Gasteiger partial charge in [0.05, 0.1) is 5.69 Å². The average molecular weight is 221 g/mol. The second-order valence-electron chi connectivity index (χ2n) is 4.54. The van der Waals surface area contributed by atoms with Crippen LogP contribution in [-0.4, -0.2) is 4.98 Å². The molecule has 1 nitrogen and oxygen atoms in total. The van der Waals surface area contributed by atoms with Crippen LogP contribution in [-0.2, 0) is 5.41 Å². The summed E-state index contributed by atoms with van der Waals surface area (Å²) in [7, 11) is 0. The maximum absolute atomic E-state index is 4.57. The van der Waals surface area contributed by atoms with Crippen LogP contribution in [0, 0.1) is 0 Å². The van der Waals surface area contributed by atoms with Crippen LogP contribution in [0.25, 0.3) is 0 Å². The van der Waals surface area contributed by atoms with Crippen molar-refractivity contribution in [1.82, 2.24) is 4.98 Å². The summed E-state index contributed by atoms with van der Waals surface area (Å²) in [6, 6.07) is 16.9. The first-order chi connectivity index (χ1) is 8.42. The van der Waals surface area contributed by atoms with E-state index in [-0.39, 0.29) is 5.41 Å². The summed E-state index contributed by atoms with van der Waals surface area (Å²) in [5, 5.41) is 0. The Kier molecular flexibility index (Phi) is 2.52. The SMILES string of the molecule is C1=CCC(c2ccccc2)(c2ccccn2)C1. The number of rotatable bonds is 2. The molecular formula is C16H15N. The Morgan fingerprint density at radius 2 is 1.53 bits per heavy atom. The molecule has 0 unspecified atom stereocenters. The van der Waals surface area contributed by atoms with Crippen LogP contribution in [0.4, 0.5) is 0 Å². The summed E-state index contributed by atoms with van der Waals surface area (Å²) in [6.45, 7) is 0. The second kappa shape index (κ2) is 4.17. The third kappa shape index (κ3) is 1.68. The van der Waals surface area contributed by atoms with Crippen LogP contribution in [0.5, 0.6) is 0 Å². The third-order valence-electron chi connectivity index (χ3n) is 3.58. The van der Waals surface area contributed by atoms with Gasteiger partial charge in [0, 0.05) is 11.6 Å². The van der Waals surface area contributed by atoms with E-state index in [0.717, 1.165) is 12.8 Å². The predicted molar refractivity (Wildman–Crippen MR) is 69.8 cm³/mol. The van der Waals surface area contributed by atoms with Gasteiger partial charge in [-0.15, -0.1) is 0 Å². The quantitative estimate of drug-likeness (QED) is 0.704. The molecule has 0 aliphatic heterocycles. The number of benzene rings is 1. The number of allylic oxidation sites excluding steroid dienone is 2. The highest BCUT2D eigenvalue weighted by Gasteiger charge is 2.35. The Labute approximate surface area is 102 Å². The molecular weight excluding hydrogens is 206 g/mol. The van der Waals surface area contributed by atoms with E-state index in [0.29, 0.717) is 0 Å². The molecule has 0 atom stereocenters. The van der Waals surface area contributed by atoms with E-state index in [1.807, 2.05) is 12.3 Å². The minimum absolute atomic E-state index is 0.0581. The smallest absolute Gasteiger partial charge is 0.0515 e. The van der Waals surface area contributed by atoms with E-state index in [1.165, 1.54) is 11.3 Å². The van der Waals surface area contributed by atoms with Crippen molar-refractivity contribution in [2.45, 2.75) is 18.3 Å². The van der Waals surface area contributed by atoms with Gasteiger partial charge in [0.15, 0.2) is 0 Å². The molecule has 1 heterocycles. The van der Waals surface area contributed by atoms with Gasteiger partial charge >= 0.3 is 0 Å². The number of pyridine rings is 1. The summed E-state index contributed by atoms with van der Waals surface area (Å²) in [6.07, 6.45) is 8.52. The molecule has 0 saturated heterocycles. The summed E-state index contributed by atoms with van der Waals surface area (Å²) in [5.41, 5.74) is 2.60. The topological polar surface area (TPSA) is 12.9 Å². The molecule has 1 heteroatoms. The monoisotopic (exact) mass is 221 g/mol. The fourth-order valence-electron chi connectivity index (χ4n) is 2.65. The zero-order valence-electron chi connectivity index (χ0n) is 9.71. The van der Waals surface area contributed by atoms with Crippen molar-refractivity contribution in [1.29, 1.82) is 0 Å². The van der Waals surface area contributed by atoms with Crippen LogP contribution in [0.15, 0.2) is 66.9 Å². The summed E-state index contributed by atoms with van der Waals surface area (Å²) in [5.74, 6) is 0. The van der Waals surface area contributed by atoms with Gasteiger partial charge in [-0.25, -0.2) is 0 Å². The molecule has 0 radical (unpaired) electrons. The molecule has 1 aliphatic rings. The van der Waals surface area contributed by atoms with Crippen LogP contribution in [0.2, 0.25) is 0 Å². The molecule has 0 bridgehead atoms. The van der Waals surface area contributed by atoms with Crippen LogP contribution in [0.1, 0.15) is 24.1 Å². The van der Waals surface area contributed by atoms with Gasteiger partial charge in [0.25, 0.3) is 0 Å². The minimum Gasteiger partial charge on any atom is -0.260 e. The van der Waals surface area contributed by atoms with Crippen molar-refractivity contribution in [2.24, 2.45) is 0 Å². The van der Waals surface area contributed by atoms with Crippen molar-refractivity contribution in [2.75, 3.05) is 0 Å². The zero-order valence-corrected chi connectivity index (χ0v) is 9.71. The molecule has 0 spiro atoms. The molecule has 0 saturated carbocycles. The van der Waals surface area contributed by atoms with Gasteiger partial charge in [0.1, 0.15) is 0 Å². The number of aromatic nitrogens is 1. The molecule has 1 aliphatic carbocycles. The Balaban J connectivity index is 2.12.